The van der Waals surface area contributed by atoms with Gasteiger partial charge in [-0.15, -0.1) is 0 Å². The Hall–Kier alpha value is -2.11. The highest BCUT2D eigenvalue weighted by Gasteiger charge is 2.30. The Morgan fingerprint density at radius 1 is 1.11 bits per heavy atom. The molecule has 2 N–H and O–H groups in total. The Morgan fingerprint density at radius 2 is 1.81 bits per heavy atom. The number of nitrogens with one attached hydrogen (secondary N) is 1. The zero-order valence-corrected chi connectivity index (χ0v) is 15.7. The predicted octanol–water partition coefficient (Wildman–Crippen LogP) is 3.97. The highest BCUT2D eigenvalue weighted by Crippen LogP contribution is 2.26. The van der Waals surface area contributed by atoms with E-state index < -0.39 is 5.97 Å². The van der Waals surface area contributed by atoms with Crippen molar-refractivity contribution < 1.29 is 19.1 Å². The second-order valence-electron chi connectivity index (χ2n) is 7.85. The van der Waals surface area contributed by atoms with Crippen molar-refractivity contribution in [2.24, 2.45) is 5.92 Å². The average molecular weight is 376 g/mol. The molecule has 1 aromatic carbocycles. The van der Waals surface area contributed by atoms with Crippen molar-refractivity contribution in [3.05, 3.63) is 35.6 Å². The Kier molecular flexibility index (Phi) is 6.69. The molecule has 27 heavy (non-hydrogen) atoms. The second kappa shape index (κ2) is 9.20. The summed E-state index contributed by atoms with van der Waals surface area (Å²) in [5.74, 6) is -1.26. The summed E-state index contributed by atoms with van der Waals surface area (Å²) in [4.78, 5) is 25.9. The van der Waals surface area contributed by atoms with Gasteiger partial charge in [-0.1, -0.05) is 25.0 Å². The largest absolute Gasteiger partial charge is 0.481 e. The van der Waals surface area contributed by atoms with Crippen molar-refractivity contribution in [3.63, 3.8) is 0 Å². The number of carbonyl (C=O) groups excluding carboxylic acids is 1. The quantitative estimate of drug-likeness (QED) is 0.789. The number of carboxylic acids is 1. The fourth-order valence-corrected chi connectivity index (χ4v) is 4.35. The van der Waals surface area contributed by atoms with E-state index in [1.165, 1.54) is 12.1 Å². The monoisotopic (exact) mass is 376 g/mol. The summed E-state index contributed by atoms with van der Waals surface area (Å²) in [6.07, 6.45) is 7.60. The molecule has 0 saturated heterocycles. The van der Waals surface area contributed by atoms with Crippen LogP contribution in [0.3, 0.4) is 0 Å². The van der Waals surface area contributed by atoms with Crippen LogP contribution in [0, 0.1) is 11.7 Å². The zero-order valence-electron chi connectivity index (χ0n) is 15.7. The molecule has 0 atom stereocenters. The van der Waals surface area contributed by atoms with E-state index in [2.05, 4.69) is 5.32 Å². The predicted molar refractivity (Wildman–Crippen MR) is 101 cm³/mol. The summed E-state index contributed by atoms with van der Waals surface area (Å²) in [6.45, 7) is 0.574. The molecule has 0 heterocycles. The molecule has 5 nitrogen and oxygen atoms in total. The van der Waals surface area contributed by atoms with Crippen LogP contribution in [-0.4, -0.2) is 40.6 Å². The van der Waals surface area contributed by atoms with Gasteiger partial charge in [-0.2, -0.15) is 0 Å². The minimum atomic E-state index is -0.734. The summed E-state index contributed by atoms with van der Waals surface area (Å²) in [5, 5.41) is 12.2. The van der Waals surface area contributed by atoms with E-state index in [0.717, 1.165) is 31.2 Å². The fraction of sp³-hybridized carbons (Fsp3) is 0.619. The second-order valence-corrected chi connectivity index (χ2v) is 7.85. The lowest BCUT2D eigenvalue weighted by Crippen LogP contribution is -2.50. The summed E-state index contributed by atoms with van der Waals surface area (Å²) in [6, 6.07) is 6.78. The van der Waals surface area contributed by atoms with Crippen molar-refractivity contribution in [3.8, 4) is 0 Å². The molecule has 0 bridgehead atoms. The summed E-state index contributed by atoms with van der Waals surface area (Å²) < 4.78 is 13.4. The third-order valence-corrected chi connectivity index (χ3v) is 5.96. The summed E-state index contributed by atoms with van der Waals surface area (Å²) in [7, 11) is 0. The van der Waals surface area contributed by atoms with E-state index in [0.29, 0.717) is 38.6 Å². The molecule has 1 aromatic rings. The van der Waals surface area contributed by atoms with Crippen LogP contribution < -0.4 is 5.32 Å². The van der Waals surface area contributed by atoms with Crippen LogP contribution in [0.2, 0.25) is 0 Å². The van der Waals surface area contributed by atoms with E-state index in [1.807, 2.05) is 11.0 Å². The van der Waals surface area contributed by atoms with Gasteiger partial charge in [0.1, 0.15) is 5.82 Å². The lowest BCUT2D eigenvalue weighted by molar-refractivity contribution is -0.142. The first kappa shape index (κ1) is 19.6. The van der Waals surface area contributed by atoms with E-state index in [1.54, 1.807) is 6.07 Å². The lowest BCUT2D eigenvalue weighted by atomic mass is 9.86. The van der Waals surface area contributed by atoms with Gasteiger partial charge in [0.05, 0.1) is 5.92 Å². The molecular formula is C21H29FN2O3. The molecule has 2 aliphatic rings. The Balaban J connectivity index is 1.57. The first-order valence-electron chi connectivity index (χ1n) is 10.1. The summed E-state index contributed by atoms with van der Waals surface area (Å²) >= 11 is 0. The number of benzene rings is 1. The van der Waals surface area contributed by atoms with Crippen molar-refractivity contribution in [1.82, 2.24) is 10.2 Å². The van der Waals surface area contributed by atoms with Gasteiger partial charge < -0.3 is 15.3 Å². The first-order valence-corrected chi connectivity index (χ1v) is 10.1. The van der Waals surface area contributed by atoms with Crippen molar-refractivity contribution in [2.45, 2.75) is 69.9 Å². The Bertz CT molecular complexity index is 653. The third kappa shape index (κ3) is 5.44. The number of rotatable bonds is 6. The number of carboxylic acid groups (broad SMARTS) is 1. The first-order chi connectivity index (χ1) is 13.0. The molecule has 2 amide bonds. The number of aliphatic carboxylic acids is 1. The zero-order chi connectivity index (χ0) is 19.2. The minimum Gasteiger partial charge on any atom is -0.481 e. The number of nitrogens with zero attached hydrogens (tertiary/aromatic N) is 1. The number of hydrogen-bond donors (Lipinski definition) is 2. The maximum absolute atomic E-state index is 13.4. The number of amides is 2. The molecule has 2 aliphatic carbocycles. The molecule has 148 valence electrons. The number of halogens is 1. The molecule has 6 heteroatoms. The molecule has 3 rings (SSSR count). The van der Waals surface area contributed by atoms with Gasteiger partial charge in [0.15, 0.2) is 0 Å². The van der Waals surface area contributed by atoms with Gasteiger partial charge in [0.2, 0.25) is 0 Å². The normalized spacial score (nSPS) is 23.1. The lowest BCUT2D eigenvalue weighted by Gasteiger charge is -2.33. The molecule has 0 aliphatic heterocycles. The van der Waals surface area contributed by atoms with Crippen LogP contribution >= 0.6 is 0 Å². The highest BCUT2D eigenvalue weighted by molar-refractivity contribution is 5.75. The molecule has 0 aromatic heterocycles. The SMILES string of the molecule is O=C(O)C1CCC(NC(=O)N(CCc2cccc(F)c2)C2CCCC2)CC1. The molecule has 0 spiro atoms. The average Bonchev–Trinajstić information content (AvgIpc) is 3.17. The van der Waals surface area contributed by atoms with Gasteiger partial charge in [-0.25, -0.2) is 9.18 Å². The van der Waals surface area contributed by atoms with E-state index in [9.17, 15) is 14.0 Å². The van der Waals surface area contributed by atoms with Crippen LogP contribution in [0.15, 0.2) is 24.3 Å². The van der Waals surface area contributed by atoms with Crippen molar-refractivity contribution >= 4 is 12.0 Å². The minimum absolute atomic E-state index is 0.0474. The molecular weight excluding hydrogens is 347 g/mol. The van der Waals surface area contributed by atoms with Crippen LogP contribution in [0.5, 0.6) is 0 Å². The van der Waals surface area contributed by atoms with E-state index in [-0.39, 0.29) is 29.8 Å². The fourth-order valence-electron chi connectivity index (χ4n) is 4.35. The highest BCUT2D eigenvalue weighted by atomic mass is 19.1. The van der Waals surface area contributed by atoms with Gasteiger partial charge in [0, 0.05) is 18.6 Å². The van der Waals surface area contributed by atoms with E-state index >= 15 is 0 Å². The van der Waals surface area contributed by atoms with Crippen LogP contribution in [0.1, 0.15) is 56.9 Å². The number of carbonyl (C=O) groups is 2. The molecule has 0 radical (unpaired) electrons. The maximum atomic E-state index is 13.4. The van der Waals surface area contributed by atoms with Crippen molar-refractivity contribution in [2.75, 3.05) is 6.54 Å². The third-order valence-electron chi connectivity index (χ3n) is 5.96. The van der Waals surface area contributed by atoms with Crippen molar-refractivity contribution in [1.29, 1.82) is 0 Å². The molecule has 2 fully saturated rings. The van der Waals surface area contributed by atoms with Gasteiger partial charge in [-0.05, 0) is 62.6 Å². The number of hydrogen-bond acceptors (Lipinski definition) is 2. The van der Waals surface area contributed by atoms with Crippen LogP contribution in [-0.2, 0) is 11.2 Å². The smallest absolute Gasteiger partial charge is 0.317 e. The Morgan fingerprint density at radius 3 is 2.44 bits per heavy atom. The molecule has 0 unspecified atom stereocenters. The van der Waals surface area contributed by atoms with Crippen LogP contribution in [0.25, 0.3) is 0 Å². The van der Waals surface area contributed by atoms with Gasteiger partial charge in [-0.3, -0.25) is 4.79 Å². The van der Waals surface area contributed by atoms with Gasteiger partial charge in [0.25, 0.3) is 0 Å². The topological polar surface area (TPSA) is 69.6 Å². The standard InChI is InChI=1S/C21H29FN2O3/c22-17-5-3-4-15(14-17)12-13-24(19-6-1-2-7-19)21(27)23-18-10-8-16(9-11-18)20(25)26/h3-5,14,16,18-19H,1-2,6-13H2,(H,23,27)(H,25,26). The Labute approximate surface area is 159 Å². The maximum Gasteiger partial charge on any atom is 0.317 e. The van der Waals surface area contributed by atoms with Gasteiger partial charge >= 0.3 is 12.0 Å². The summed E-state index contributed by atoms with van der Waals surface area (Å²) in [5.41, 5.74) is 0.896. The molecule has 2 saturated carbocycles. The van der Waals surface area contributed by atoms with E-state index in [4.69, 9.17) is 5.11 Å². The number of urea groups is 1. The van der Waals surface area contributed by atoms with Crippen LogP contribution in [0.4, 0.5) is 9.18 Å².